The van der Waals surface area contributed by atoms with Gasteiger partial charge in [0.1, 0.15) is 0 Å². The molecule has 0 aliphatic carbocycles. The number of fused-ring (bicyclic) bond motifs is 5. The average molecular weight is 523 g/mol. The van der Waals surface area contributed by atoms with Crippen LogP contribution in [0.5, 0.6) is 0 Å². The third kappa shape index (κ3) is 4.38. The number of benzene rings is 4. The van der Waals surface area contributed by atoms with E-state index in [0.29, 0.717) is 0 Å². The third-order valence-electron chi connectivity index (χ3n) is 8.43. The second kappa shape index (κ2) is 10.7. The molecule has 40 heavy (non-hydrogen) atoms. The second-order valence-corrected chi connectivity index (χ2v) is 11.1. The zero-order valence-electron chi connectivity index (χ0n) is 24.3. The maximum atomic E-state index is 2.48. The molecule has 2 nitrogen and oxygen atoms in total. The van der Waals surface area contributed by atoms with Crippen LogP contribution in [0.3, 0.4) is 0 Å². The number of allylic oxidation sites excluding steroid dienone is 4. The molecule has 6 rings (SSSR count). The molecule has 0 spiro atoms. The van der Waals surface area contributed by atoms with Gasteiger partial charge in [-0.1, -0.05) is 97.8 Å². The Labute approximate surface area is 237 Å². The number of nitrogens with zero attached hydrogens (tertiary/aromatic N) is 2. The van der Waals surface area contributed by atoms with Crippen LogP contribution in [0.4, 0.5) is 0 Å². The molecule has 0 aliphatic rings. The van der Waals surface area contributed by atoms with Gasteiger partial charge in [0.15, 0.2) is 0 Å². The molecule has 0 aliphatic heterocycles. The first-order valence-electron chi connectivity index (χ1n) is 14.5. The summed E-state index contributed by atoms with van der Waals surface area (Å²) in [6, 6.07) is 33.1. The SMILES string of the molecule is CCCCC(C)=CC=C(C)n1c(C)c(C)c2ccc3c4ccccc4n(-c4ccc(-c5ccccc5)cc4)c3c21. The Balaban J connectivity index is 1.63. The molecule has 0 N–H and O–H groups in total. The minimum Gasteiger partial charge on any atom is -0.316 e. The van der Waals surface area contributed by atoms with E-state index in [-0.39, 0.29) is 0 Å². The van der Waals surface area contributed by atoms with Crippen molar-refractivity contribution in [2.75, 3.05) is 0 Å². The normalized spacial score (nSPS) is 12.7. The quantitative estimate of drug-likeness (QED) is 0.185. The Bertz CT molecular complexity index is 1890. The highest BCUT2D eigenvalue weighted by atomic mass is 15.0. The molecule has 0 atom stereocenters. The van der Waals surface area contributed by atoms with E-state index >= 15 is 0 Å². The highest BCUT2D eigenvalue weighted by molar-refractivity contribution is 6.19. The van der Waals surface area contributed by atoms with E-state index in [1.807, 2.05) is 0 Å². The van der Waals surface area contributed by atoms with Crippen LogP contribution >= 0.6 is 0 Å². The van der Waals surface area contributed by atoms with Crippen LogP contribution in [0.1, 0.15) is 51.3 Å². The monoisotopic (exact) mass is 522 g/mol. The predicted octanol–water partition coefficient (Wildman–Crippen LogP) is 11.0. The van der Waals surface area contributed by atoms with E-state index in [9.17, 15) is 0 Å². The van der Waals surface area contributed by atoms with Crippen LogP contribution in [-0.4, -0.2) is 9.13 Å². The predicted molar refractivity (Wildman–Crippen MR) is 174 cm³/mol. The molecule has 0 unspecified atom stereocenters. The largest absolute Gasteiger partial charge is 0.316 e. The Kier molecular flexibility index (Phi) is 6.94. The van der Waals surface area contributed by atoms with Crippen LogP contribution < -0.4 is 0 Å². The van der Waals surface area contributed by atoms with Gasteiger partial charge in [-0.15, -0.1) is 0 Å². The Hall–Kier alpha value is -4.30. The van der Waals surface area contributed by atoms with Gasteiger partial charge < -0.3 is 9.13 Å². The van der Waals surface area contributed by atoms with Crippen LogP contribution in [0.15, 0.2) is 109 Å². The van der Waals surface area contributed by atoms with Crippen molar-refractivity contribution in [1.82, 2.24) is 9.13 Å². The van der Waals surface area contributed by atoms with Crippen LogP contribution in [0, 0.1) is 13.8 Å². The van der Waals surface area contributed by atoms with Crippen molar-refractivity contribution in [3.8, 4) is 16.8 Å². The lowest BCUT2D eigenvalue weighted by molar-refractivity contribution is 0.787. The van der Waals surface area contributed by atoms with E-state index in [2.05, 4.69) is 147 Å². The van der Waals surface area contributed by atoms with Crippen molar-refractivity contribution in [3.63, 3.8) is 0 Å². The average Bonchev–Trinajstić information content (AvgIpc) is 3.46. The highest BCUT2D eigenvalue weighted by Crippen LogP contribution is 2.40. The first-order chi connectivity index (χ1) is 19.5. The number of para-hydroxylation sites is 1. The maximum absolute atomic E-state index is 2.48. The van der Waals surface area contributed by atoms with E-state index in [1.165, 1.54) is 84.9 Å². The molecule has 0 bridgehead atoms. The molecule has 4 aromatic carbocycles. The summed E-state index contributed by atoms with van der Waals surface area (Å²) >= 11 is 0. The molecule has 0 amide bonds. The molecule has 2 heterocycles. The molecule has 0 saturated heterocycles. The first-order valence-corrected chi connectivity index (χ1v) is 14.5. The number of aromatic nitrogens is 2. The number of aryl methyl sites for hydroxylation is 1. The fourth-order valence-corrected chi connectivity index (χ4v) is 6.12. The summed E-state index contributed by atoms with van der Waals surface area (Å²) in [5.74, 6) is 0. The van der Waals surface area contributed by atoms with Crippen molar-refractivity contribution in [3.05, 3.63) is 120 Å². The summed E-state index contributed by atoms with van der Waals surface area (Å²) in [6.07, 6.45) is 8.23. The molecule has 2 heteroatoms. The van der Waals surface area contributed by atoms with E-state index in [1.54, 1.807) is 0 Å². The zero-order chi connectivity index (χ0) is 27.8. The standard InChI is InChI=1S/C38H38N2/c1-6-7-13-26(2)18-19-27(3)39-29(5)28(4)33-24-25-35-34-16-11-12-17-36(34)40(38(35)37(33)39)32-22-20-31(21-23-32)30-14-9-8-10-15-30/h8-12,14-25H,6-7,13H2,1-5H3. The van der Waals surface area contributed by atoms with Crippen molar-refractivity contribution < 1.29 is 0 Å². The van der Waals surface area contributed by atoms with Gasteiger partial charge in [-0.05, 0) is 81.5 Å². The first kappa shape index (κ1) is 26.0. The summed E-state index contributed by atoms with van der Waals surface area (Å²) in [5, 5.41) is 3.89. The lowest BCUT2D eigenvalue weighted by Gasteiger charge is -2.14. The smallest absolute Gasteiger partial charge is 0.0788 e. The molecule has 200 valence electrons. The summed E-state index contributed by atoms with van der Waals surface area (Å²) < 4.78 is 4.94. The summed E-state index contributed by atoms with van der Waals surface area (Å²) in [7, 11) is 0. The van der Waals surface area contributed by atoms with Crippen LogP contribution in [-0.2, 0) is 0 Å². The maximum Gasteiger partial charge on any atom is 0.0788 e. The second-order valence-electron chi connectivity index (χ2n) is 11.1. The number of hydrogen-bond acceptors (Lipinski definition) is 0. The van der Waals surface area contributed by atoms with Crippen molar-refractivity contribution in [2.45, 2.75) is 53.9 Å². The molecule has 0 fully saturated rings. The lowest BCUT2D eigenvalue weighted by Crippen LogP contribution is -2.00. The van der Waals surface area contributed by atoms with Gasteiger partial charge in [0.05, 0.1) is 16.6 Å². The summed E-state index contributed by atoms with van der Waals surface area (Å²) in [4.78, 5) is 0. The van der Waals surface area contributed by atoms with Gasteiger partial charge in [-0.3, -0.25) is 0 Å². The van der Waals surface area contributed by atoms with E-state index in [0.717, 1.165) is 6.42 Å². The number of rotatable bonds is 7. The number of unbranched alkanes of at least 4 members (excludes halogenated alkanes) is 1. The van der Waals surface area contributed by atoms with E-state index < -0.39 is 0 Å². The molecule has 2 aromatic heterocycles. The van der Waals surface area contributed by atoms with E-state index in [4.69, 9.17) is 0 Å². The lowest BCUT2D eigenvalue weighted by atomic mass is 10.1. The van der Waals surface area contributed by atoms with Crippen molar-refractivity contribution in [2.24, 2.45) is 0 Å². The molecular formula is C38H38N2. The Morgan fingerprint density at radius 2 is 1.35 bits per heavy atom. The minimum atomic E-state index is 1.15. The van der Waals surface area contributed by atoms with Crippen LogP contribution in [0.25, 0.3) is 55.2 Å². The van der Waals surface area contributed by atoms with Crippen molar-refractivity contribution in [1.29, 1.82) is 0 Å². The molecule has 0 radical (unpaired) electrons. The van der Waals surface area contributed by atoms with Crippen LogP contribution in [0.2, 0.25) is 0 Å². The van der Waals surface area contributed by atoms with Gasteiger partial charge in [-0.2, -0.15) is 0 Å². The Morgan fingerprint density at radius 1 is 0.675 bits per heavy atom. The number of hydrogen-bond donors (Lipinski definition) is 0. The van der Waals surface area contributed by atoms with Gasteiger partial charge in [0.2, 0.25) is 0 Å². The van der Waals surface area contributed by atoms with Gasteiger partial charge in [0, 0.05) is 33.2 Å². The van der Waals surface area contributed by atoms with Gasteiger partial charge in [0.25, 0.3) is 0 Å². The zero-order valence-corrected chi connectivity index (χ0v) is 24.3. The third-order valence-corrected chi connectivity index (χ3v) is 8.43. The topological polar surface area (TPSA) is 9.86 Å². The summed E-state index contributed by atoms with van der Waals surface area (Å²) in [5.41, 5.74) is 12.7. The summed E-state index contributed by atoms with van der Waals surface area (Å²) in [6.45, 7) is 11.3. The van der Waals surface area contributed by atoms with Gasteiger partial charge in [-0.25, -0.2) is 0 Å². The fraction of sp³-hybridized carbons (Fsp3) is 0.211. The van der Waals surface area contributed by atoms with Crippen molar-refractivity contribution >= 4 is 38.4 Å². The van der Waals surface area contributed by atoms with Gasteiger partial charge >= 0.3 is 0 Å². The Morgan fingerprint density at radius 3 is 2.10 bits per heavy atom. The highest BCUT2D eigenvalue weighted by Gasteiger charge is 2.21. The molecule has 0 saturated carbocycles. The molecular weight excluding hydrogens is 484 g/mol. The minimum absolute atomic E-state index is 1.15. The molecule has 6 aromatic rings. The fourth-order valence-electron chi connectivity index (χ4n) is 6.12.